The highest BCUT2D eigenvalue weighted by Gasteiger charge is 2.30. The molecule has 0 spiro atoms. The van der Waals surface area contributed by atoms with Gasteiger partial charge in [0.05, 0.1) is 26.4 Å². The fraction of sp³-hybridized carbons (Fsp3) is 0.857. The van der Waals surface area contributed by atoms with E-state index in [-0.39, 0.29) is 24.0 Å². The molecular weight excluding hydrogens is 523 g/mol. The van der Waals surface area contributed by atoms with E-state index in [4.69, 9.17) is 14.5 Å². The minimum atomic E-state index is 0. The maximum atomic E-state index is 5.53. The molecule has 1 aromatic rings. The van der Waals surface area contributed by atoms with E-state index < -0.39 is 0 Å². The molecule has 3 fully saturated rings. The van der Waals surface area contributed by atoms with Crippen LogP contribution in [0.15, 0.2) is 4.99 Å². The Morgan fingerprint density at radius 1 is 1.06 bits per heavy atom. The van der Waals surface area contributed by atoms with Crippen LogP contribution < -0.4 is 5.32 Å². The number of aryl methyl sites for hydroxylation is 1. The summed E-state index contributed by atoms with van der Waals surface area (Å²) < 4.78 is 13.0. The van der Waals surface area contributed by atoms with Crippen LogP contribution >= 0.6 is 24.0 Å². The van der Waals surface area contributed by atoms with Gasteiger partial charge < -0.3 is 24.3 Å². The lowest BCUT2D eigenvalue weighted by Gasteiger charge is -2.32. The van der Waals surface area contributed by atoms with Gasteiger partial charge in [-0.05, 0) is 26.3 Å². The quantitative estimate of drug-likeness (QED) is 0.220. The second kappa shape index (κ2) is 13.0. The van der Waals surface area contributed by atoms with Crippen molar-refractivity contribution in [3.05, 3.63) is 11.6 Å². The van der Waals surface area contributed by atoms with Gasteiger partial charge in [0.15, 0.2) is 11.8 Å². The summed E-state index contributed by atoms with van der Waals surface area (Å²) in [7, 11) is 2.00. The number of hydrogen-bond acceptors (Lipinski definition) is 7. The molecule has 4 rings (SSSR count). The molecule has 32 heavy (non-hydrogen) atoms. The first-order valence-corrected chi connectivity index (χ1v) is 11.7. The van der Waals surface area contributed by atoms with Crippen molar-refractivity contribution in [1.82, 2.24) is 34.8 Å². The summed E-state index contributed by atoms with van der Waals surface area (Å²) in [5.74, 6) is 2.81. The van der Waals surface area contributed by atoms with Crippen LogP contribution in [0.2, 0.25) is 0 Å². The van der Waals surface area contributed by atoms with E-state index >= 15 is 0 Å². The highest BCUT2D eigenvalue weighted by molar-refractivity contribution is 14.0. The topological polar surface area (TPSA) is 83.3 Å². The number of aliphatic imine (C=N–C) groups is 1. The molecule has 10 nitrogen and oxygen atoms in total. The minimum Gasteiger partial charge on any atom is -0.379 e. The number of hydrogen-bond donors (Lipinski definition) is 1. The van der Waals surface area contributed by atoms with Crippen LogP contribution in [-0.2, 0) is 23.1 Å². The van der Waals surface area contributed by atoms with Crippen molar-refractivity contribution in [2.24, 2.45) is 12.0 Å². The van der Waals surface area contributed by atoms with Gasteiger partial charge in [-0.15, -0.1) is 34.2 Å². The van der Waals surface area contributed by atoms with Gasteiger partial charge in [0.1, 0.15) is 12.4 Å². The maximum Gasteiger partial charge on any atom is 0.194 e. The zero-order chi connectivity index (χ0) is 21.5. The van der Waals surface area contributed by atoms with E-state index in [2.05, 4.69) is 30.2 Å². The molecule has 3 saturated heterocycles. The summed E-state index contributed by atoms with van der Waals surface area (Å²) in [4.78, 5) is 12.4. The van der Waals surface area contributed by atoms with Crippen molar-refractivity contribution in [3.63, 3.8) is 0 Å². The number of nitrogens with one attached hydrogen (secondary N) is 1. The lowest BCUT2D eigenvalue weighted by molar-refractivity contribution is 0.0194. The first-order chi connectivity index (χ1) is 15.2. The molecule has 4 heterocycles. The fourth-order valence-corrected chi connectivity index (χ4v) is 4.50. The van der Waals surface area contributed by atoms with Crippen molar-refractivity contribution in [2.75, 3.05) is 78.8 Å². The van der Waals surface area contributed by atoms with E-state index in [0.717, 1.165) is 103 Å². The van der Waals surface area contributed by atoms with E-state index in [0.29, 0.717) is 12.6 Å². The largest absolute Gasteiger partial charge is 0.379 e. The lowest BCUT2D eigenvalue weighted by Crippen LogP contribution is -2.47. The van der Waals surface area contributed by atoms with Crippen molar-refractivity contribution in [2.45, 2.75) is 32.4 Å². The molecule has 3 aliphatic heterocycles. The molecule has 3 aliphatic rings. The first kappa shape index (κ1) is 25.6. The minimum absolute atomic E-state index is 0. The summed E-state index contributed by atoms with van der Waals surface area (Å²) in [6.45, 7) is 14.2. The summed E-state index contributed by atoms with van der Waals surface area (Å²) in [6, 6.07) is 0.585. The first-order valence-electron chi connectivity index (χ1n) is 11.7. The summed E-state index contributed by atoms with van der Waals surface area (Å²) in [5, 5.41) is 12.1. The third kappa shape index (κ3) is 6.99. The van der Waals surface area contributed by atoms with Gasteiger partial charge in [-0.3, -0.25) is 9.80 Å². The van der Waals surface area contributed by atoms with Crippen molar-refractivity contribution in [3.8, 4) is 0 Å². The highest BCUT2D eigenvalue weighted by atomic mass is 127. The summed E-state index contributed by atoms with van der Waals surface area (Å²) in [6.07, 6.45) is 2.28. The summed E-state index contributed by atoms with van der Waals surface area (Å²) in [5.41, 5.74) is 0. The Labute approximate surface area is 208 Å². The Morgan fingerprint density at radius 3 is 2.47 bits per heavy atom. The predicted octanol–water partition coefficient (Wildman–Crippen LogP) is 0.316. The Balaban J connectivity index is 0.00000289. The summed E-state index contributed by atoms with van der Waals surface area (Å²) >= 11 is 0. The molecule has 0 amide bonds. The number of nitrogens with zero attached hydrogens (tertiary/aromatic N) is 7. The molecule has 1 unspecified atom stereocenters. The van der Waals surface area contributed by atoms with Crippen molar-refractivity contribution >= 4 is 29.9 Å². The molecule has 1 N–H and O–H groups in total. The Morgan fingerprint density at radius 2 is 1.78 bits per heavy atom. The zero-order valence-electron chi connectivity index (χ0n) is 19.5. The van der Waals surface area contributed by atoms with Crippen molar-refractivity contribution in [1.29, 1.82) is 0 Å². The number of rotatable bonds is 7. The number of aromatic nitrogens is 3. The molecule has 0 bridgehead atoms. The second-order valence-corrected chi connectivity index (χ2v) is 8.63. The van der Waals surface area contributed by atoms with E-state index in [9.17, 15) is 0 Å². The van der Waals surface area contributed by atoms with Gasteiger partial charge in [-0.25, -0.2) is 4.99 Å². The average molecular weight is 563 g/mol. The van der Waals surface area contributed by atoms with Crippen LogP contribution in [-0.4, -0.2) is 120 Å². The third-order valence-corrected chi connectivity index (χ3v) is 6.62. The number of halogens is 1. The Bertz CT molecular complexity index is 719. The molecule has 182 valence electrons. The van der Waals surface area contributed by atoms with Gasteiger partial charge in [-0.1, -0.05) is 0 Å². The molecule has 1 atom stereocenters. The standard InChI is InChI=1S/C21H38N8O2.HI/c1-18-24-25-20(26(18)2)16-23-21(22-5-3-6-27-8-12-30-13-9-27)29-7-4-19(17-29)28-10-14-31-15-11-28;/h19H,3-17H2,1-2H3,(H,22,23);1H. The lowest BCUT2D eigenvalue weighted by atomic mass is 10.2. The maximum absolute atomic E-state index is 5.53. The van der Waals surface area contributed by atoms with Gasteiger partial charge in [0, 0.05) is 58.9 Å². The normalized spacial score (nSPS) is 23.4. The number of ether oxygens (including phenoxy) is 2. The van der Waals surface area contributed by atoms with Crippen molar-refractivity contribution < 1.29 is 9.47 Å². The monoisotopic (exact) mass is 562 g/mol. The smallest absolute Gasteiger partial charge is 0.194 e. The van der Waals surface area contributed by atoms with Crippen LogP contribution in [0.4, 0.5) is 0 Å². The Hall–Kier alpha value is -1.02. The van der Waals surface area contributed by atoms with Crippen LogP contribution in [0.25, 0.3) is 0 Å². The highest BCUT2D eigenvalue weighted by Crippen LogP contribution is 2.17. The molecule has 1 aromatic heterocycles. The molecular formula is C21H39IN8O2. The number of likely N-dealkylation sites (tertiary alicyclic amines) is 1. The SMILES string of the molecule is Cc1nnc(CN=C(NCCCN2CCOCC2)N2CCC(N3CCOCC3)C2)n1C.I. The van der Waals surface area contributed by atoms with Crippen LogP contribution in [0, 0.1) is 6.92 Å². The number of guanidine groups is 1. The number of morpholine rings is 2. The van der Waals surface area contributed by atoms with Crippen LogP contribution in [0.1, 0.15) is 24.5 Å². The Kier molecular flexibility index (Phi) is 10.4. The van der Waals surface area contributed by atoms with Crippen LogP contribution in [0.5, 0.6) is 0 Å². The van der Waals surface area contributed by atoms with E-state index in [1.54, 1.807) is 0 Å². The van der Waals surface area contributed by atoms with Crippen LogP contribution in [0.3, 0.4) is 0 Å². The van der Waals surface area contributed by atoms with Gasteiger partial charge in [0.2, 0.25) is 0 Å². The van der Waals surface area contributed by atoms with Gasteiger partial charge in [-0.2, -0.15) is 0 Å². The molecule has 11 heteroatoms. The molecule has 0 aliphatic carbocycles. The molecule has 0 saturated carbocycles. The van der Waals surface area contributed by atoms with E-state index in [1.165, 1.54) is 6.42 Å². The molecule has 0 radical (unpaired) electrons. The van der Waals surface area contributed by atoms with Gasteiger partial charge in [0.25, 0.3) is 0 Å². The van der Waals surface area contributed by atoms with E-state index in [1.807, 2.05) is 18.5 Å². The second-order valence-electron chi connectivity index (χ2n) is 8.63. The average Bonchev–Trinajstić information content (AvgIpc) is 3.42. The predicted molar refractivity (Wildman–Crippen MR) is 135 cm³/mol. The third-order valence-electron chi connectivity index (χ3n) is 6.62. The van der Waals surface area contributed by atoms with Gasteiger partial charge >= 0.3 is 0 Å². The fourth-order valence-electron chi connectivity index (χ4n) is 4.50. The zero-order valence-corrected chi connectivity index (χ0v) is 21.9. The molecule has 0 aromatic carbocycles.